The number of hydrogen-bond acceptors (Lipinski definition) is 5. The average Bonchev–Trinajstić information content (AvgIpc) is 3.03. The summed E-state index contributed by atoms with van der Waals surface area (Å²) >= 11 is 1.56. The van der Waals surface area contributed by atoms with Gasteiger partial charge in [-0.25, -0.2) is 8.42 Å². The first kappa shape index (κ1) is 22.9. The number of aryl methyl sites for hydroxylation is 1. The van der Waals surface area contributed by atoms with Gasteiger partial charge in [-0.15, -0.1) is 0 Å². The molecule has 0 unspecified atom stereocenters. The fraction of sp³-hybridized carbons (Fsp3) is 0.381. The number of allylic oxidation sites excluding steroid dienone is 3. The largest absolute Gasteiger partial charge is 0.286 e. The standard InChI is InChI=1S/C21H25NO5S3/c1-3-29(23,24)21-16(2)8-6-9-17(21)12-13-20-22(14-7-15-30(25,26)27)18-10-4-5-11-19(18)28-20/h4-5,10-13H,2-3,6-9,14-15H2,1H3/p+1/b13-12+. The van der Waals surface area contributed by atoms with Crippen LogP contribution >= 0.6 is 11.3 Å². The van der Waals surface area contributed by atoms with E-state index >= 15 is 0 Å². The third kappa shape index (κ3) is 5.26. The second-order valence-electron chi connectivity index (χ2n) is 7.25. The first-order valence-electron chi connectivity index (χ1n) is 9.81. The van der Waals surface area contributed by atoms with Gasteiger partial charge in [-0.2, -0.15) is 13.0 Å². The van der Waals surface area contributed by atoms with Gasteiger partial charge in [-0.3, -0.25) is 4.55 Å². The molecule has 30 heavy (non-hydrogen) atoms. The minimum absolute atomic E-state index is 0.0389. The van der Waals surface area contributed by atoms with Crippen molar-refractivity contribution < 1.29 is 26.0 Å². The summed E-state index contributed by atoms with van der Waals surface area (Å²) in [5.41, 5.74) is 2.41. The van der Waals surface area contributed by atoms with E-state index in [2.05, 4.69) is 6.58 Å². The van der Waals surface area contributed by atoms with Crippen LogP contribution in [0.3, 0.4) is 0 Å². The van der Waals surface area contributed by atoms with Gasteiger partial charge in [0.05, 0.1) is 16.4 Å². The molecule has 1 N–H and O–H groups in total. The number of hydrogen-bond donors (Lipinski definition) is 1. The Morgan fingerprint density at radius 2 is 1.90 bits per heavy atom. The van der Waals surface area contributed by atoms with E-state index in [1.807, 2.05) is 41.0 Å². The number of rotatable bonds is 8. The van der Waals surface area contributed by atoms with Crippen molar-refractivity contribution in [2.24, 2.45) is 0 Å². The van der Waals surface area contributed by atoms with Crippen molar-refractivity contribution in [2.45, 2.75) is 39.2 Å². The molecular weight excluding hydrogens is 442 g/mol. The number of benzene rings is 1. The Bertz CT molecular complexity index is 1230. The van der Waals surface area contributed by atoms with Gasteiger partial charge >= 0.3 is 0 Å². The molecule has 0 aliphatic heterocycles. The highest BCUT2D eigenvalue weighted by atomic mass is 32.2. The van der Waals surface area contributed by atoms with E-state index in [-0.39, 0.29) is 17.9 Å². The van der Waals surface area contributed by atoms with Crippen molar-refractivity contribution in [1.29, 1.82) is 0 Å². The van der Waals surface area contributed by atoms with Gasteiger partial charge in [0.25, 0.3) is 15.1 Å². The van der Waals surface area contributed by atoms with E-state index in [1.165, 1.54) is 0 Å². The van der Waals surface area contributed by atoms with Crippen LogP contribution in [0.5, 0.6) is 0 Å². The Morgan fingerprint density at radius 3 is 2.60 bits per heavy atom. The summed E-state index contributed by atoms with van der Waals surface area (Å²) < 4.78 is 59.5. The Kier molecular flexibility index (Phi) is 6.96. The van der Waals surface area contributed by atoms with Crippen LogP contribution in [0.1, 0.15) is 37.6 Å². The molecule has 0 bridgehead atoms. The zero-order valence-corrected chi connectivity index (χ0v) is 19.3. The molecule has 0 atom stereocenters. The smallest absolute Gasteiger partial charge is 0.265 e. The predicted octanol–water partition coefficient (Wildman–Crippen LogP) is 3.91. The Morgan fingerprint density at radius 1 is 1.17 bits per heavy atom. The summed E-state index contributed by atoms with van der Waals surface area (Å²) in [7, 11) is -7.38. The SMILES string of the molecule is C=C1CCCC(/C=C/c2sc3ccccc3[n+]2CCCS(=O)(=O)O)=C1S(=O)(=O)CC. The minimum atomic E-state index is -4.02. The highest BCUT2D eigenvalue weighted by molar-refractivity contribution is 7.95. The van der Waals surface area contributed by atoms with Crippen molar-refractivity contribution in [1.82, 2.24) is 0 Å². The third-order valence-corrected chi connectivity index (χ3v) is 8.94. The van der Waals surface area contributed by atoms with Crippen LogP contribution in [0.15, 0.2) is 53.0 Å². The lowest BCUT2D eigenvalue weighted by molar-refractivity contribution is -0.668. The Labute approximate surface area is 181 Å². The molecule has 2 aromatic rings. The first-order valence-corrected chi connectivity index (χ1v) is 13.9. The van der Waals surface area contributed by atoms with E-state index in [9.17, 15) is 16.8 Å². The zero-order chi connectivity index (χ0) is 21.9. The molecule has 9 heteroatoms. The quantitative estimate of drug-likeness (QED) is 0.468. The average molecular weight is 469 g/mol. The van der Waals surface area contributed by atoms with Crippen LogP contribution in [0.25, 0.3) is 16.3 Å². The van der Waals surface area contributed by atoms with Crippen LogP contribution in [-0.4, -0.2) is 32.9 Å². The third-order valence-electron chi connectivity index (χ3n) is 5.08. The minimum Gasteiger partial charge on any atom is -0.286 e. The van der Waals surface area contributed by atoms with Crippen molar-refractivity contribution >= 4 is 47.6 Å². The Balaban J connectivity index is 2.02. The number of thiazole rings is 1. The highest BCUT2D eigenvalue weighted by Crippen LogP contribution is 2.34. The van der Waals surface area contributed by atoms with E-state index in [4.69, 9.17) is 4.55 Å². The molecule has 162 valence electrons. The maximum atomic E-state index is 12.6. The van der Waals surface area contributed by atoms with E-state index in [0.717, 1.165) is 27.2 Å². The number of sulfone groups is 1. The number of aromatic nitrogens is 1. The summed E-state index contributed by atoms with van der Waals surface area (Å²) in [5.74, 6) is -0.269. The molecule has 0 saturated heterocycles. The molecule has 0 spiro atoms. The lowest BCUT2D eigenvalue weighted by atomic mass is 9.95. The van der Waals surface area contributed by atoms with E-state index in [0.29, 0.717) is 29.9 Å². The summed E-state index contributed by atoms with van der Waals surface area (Å²) in [6, 6.07) is 7.81. The van der Waals surface area contributed by atoms with Crippen LogP contribution in [0.4, 0.5) is 0 Å². The Hall–Kier alpha value is -1.81. The van der Waals surface area contributed by atoms with Crippen molar-refractivity contribution in [3.63, 3.8) is 0 Å². The molecule has 6 nitrogen and oxygen atoms in total. The lowest BCUT2D eigenvalue weighted by Gasteiger charge is -2.20. The second kappa shape index (κ2) is 9.13. The van der Waals surface area contributed by atoms with Crippen molar-refractivity contribution in [2.75, 3.05) is 11.5 Å². The molecule has 1 heterocycles. The molecule has 0 saturated carbocycles. The van der Waals surface area contributed by atoms with E-state index in [1.54, 1.807) is 18.3 Å². The highest BCUT2D eigenvalue weighted by Gasteiger charge is 2.25. The molecule has 1 aliphatic rings. The molecule has 0 radical (unpaired) electrons. The predicted molar refractivity (Wildman–Crippen MR) is 122 cm³/mol. The van der Waals surface area contributed by atoms with Gasteiger partial charge in [0.15, 0.2) is 16.4 Å². The maximum Gasteiger partial charge on any atom is 0.265 e. The van der Waals surface area contributed by atoms with Crippen LogP contribution in [0.2, 0.25) is 0 Å². The van der Waals surface area contributed by atoms with Crippen LogP contribution in [-0.2, 0) is 26.5 Å². The first-order chi connectivity index (χ1) is 14.1. The second-order valence-corrected chi connectivity index (χ2v) is 12.1. The molecule has 1 aromatic heterocycles. The fourth-order valence-corrected chi connectivity index (χ4v) is 6.64. The van der Waals surface area contributed by atoms with Gasteiger partial charge in [-0.1, -0.05) is 43.0 Å². The molecule has 0 amide bonds. The number of nitrogens with zero attached hydrogens (tertiary/aromatic N) is 1. The van der Waals surface area contributed by atoms with Crippen LogP contribution in [0, 0.1) is 0 Å². The van der Waals surface area contributed by atoms with E-state index < -0.39 is 20.0 Å². The van der Waals surface area contributed by atoms with Gasteiger partial charge in [-0.05, 0) is 36.5 Å². The summed E-state index contributed by atoms with van der Waals surface area (Å²) in [5, 5.41) is 0.892. The molecule has 0 fully saturated rings. The monoisotopic (exact) mass is 468 g/mol. The zero-order valence-electron chi connectivity index (χ0n) is 16.9. The summed E-state index contributed by atoms with van der Waals surface area (Å²) in [4.78, 5) is 0.367. The van der Waals surface area contributed by atoms with Crippen LogP contribution < -0.4 is 4.57 Å². The molecule has 1 aromatic carbocycles. The summed E-state index contributed by atoms with van der Waals surface area (Å²) in [6.45, 7) is 6.04. The molecule has 1 aliphatic carbocycles. The van der Waals surface area contributed by atoms with Gasteiger partial charge in [0.2, 0.25) is 5.52 Å². The fourth-order valence-electron chi connectivity index (χ4n) is 3.65. The van der Waals surface area contributed by atoms with Crippen molar-refractivity contribution in [3.05, 3.63) is 58.0 Å². The summed E-state index contributed by atoms with van der Waals surface area (Å²) in [6.07, 6.45) is 6.26. The van der Waals surface area contributed by atoms with Gasteiger partial charge in [0.1, 0.15) is 4.70 Å². The maximum absolute atomic E-state index is 12.6. The number of fused-ring (bicyclic) bond motifs is 1. The normalized spacial score (nSPS) is 16.1. The topological polar surface area (TPSA) is 92.4 Å². The van der Waals surface area contributed by atoms with Gasteiger partial charge in [0, 0.05) is 18.6 Å². The van der Waals surface area contributed by atoms with Crippen molar-refractivity contribution in [3.8, 4) is 0 Å². The molecule has 3 rings (SSSR count). The lowest BCUT2D eigenvalue weighted by Crippen LogP contribution is -2.36. The number of para-hydroxylation sites is 1. The van der Waals surface area contributed by atoms with Gasteiger partial charge < -0.3 is 0 Å². The molecular formula is C21H26NO5S3+.